The Hall–Kier alpha value is -2.78. The number of aromatic nitrogens is 5. The van der Waals surface area contributed by atoms with Gasteiger partial charge in [-0.25, -0.2) is 4.98 Å². The second-order valence-corrected chi connectivity index (χ2v) is 8.33. The van der Waals surface area contributed by atoms with Crippen molar-refractivity contribution in [2.75, 3.05) is 30.7 Å². The van der Waals surface area contributed by atoms with E-state index in [4.69, 9.17) is 10.7 Å². The summed E-state index contributed by atoms with van der Waals surface area (Å²) in [6.07, 6.45) is 7.19. The molecule has 0 saturated carbocycles. The van der Waals surface area contributed by atoms with Crippen molar-refractivity contribution < 1.29 is 0 Å². The van der Waals surface area contributed by atoms with E-state index in [0.29, 0.717) is 18.6 Å². The summed E-state index contributed by atoms with van der Waals surface area (Å²) < 4.78 is 1.90. The van der Waals surface area contributed by atoms with Crippen LogP contribution in [0.4, 0.5) is 11.8 Å². The van der Waals surface area contributed by atoms with Crippen LogP contribution in [0, 0.1) is 0 Å². The van der Waals surface area contributed by atoms with E-state index in [9.17, 15) is 0 Å². The van der Waals surface area contributed by atoms with Crippen molar-refractivity contribution in [3.8, 4) is 0 Å². The van der Waals surface area contributed by atoms with Crippen molar-refractivity contribution in [2.24, 2.45) is 0 Å². The van der Waals surface area contributed by atoms with Crippen LogP contribution in [-0.4, -0.2) is 61.4 Å². The highest BCUT2D eigenvalue weighted by Crippen LogP contribution is 2.25. The number of nitrogens with one attached hydrogen (secondary N) is 2. The smallest absolute Gasteiger partial charge is 0.222 e. The maximum Gasteiger partial charge on any atom is 0.222 e. The molecule has 2 aliphatic rings. The Balaban J connectivity index is 1.31. The predicted molar refractivity (Wildman–Crippen MR) is 117 cm³/mol. The number of fused-ring (bicyclic) bond motifs is 3. The molecule has 5 heterocycles. The summed E-state index contributed by atoms with van der Waals surface area (Å²) in [5, 5.41) is 11.5. The van der Waals surface area contributed by atoms with Gasteiger partial charge in [-0.2, -0.15) is 10.1 Å². The summed E-state index contributed by atoms with van der Waals surface area (Å²) in [6.45, 7) is 6.80. The molecular weight excluding hydrogens is 378 g/mol. The van der Waals surface area contributed by atoms with E-state index < -0.39 is 0 Å². The van der Waals surface area contributed by atoms with Gasteiger partial charge in [-0.1, -0.05) is 19.4 Å². The minimum Gasteiger partial charge on any atom is -0.368 e. The summed E-state index contributed by atoms with van der Waals surface area (Å²) in [6, 6.07) is 5.63. The van der Waals surface area contributed by atoms with Crippen LogP contribution in [0.2, 0.25) is 0 Å². The fourth-order valence-electron chi connectivity index (χ4n) is 4.51. The van der Waals surface area contributed by atoms with Crippen molar-refractivity contribution in [2.45, 2.75) is 51.4 Å². The zero-order valence-corrected chi connectivity index (χ0v) is 17.4. The number of rotatable bonds is 8. The maximum absolute atomic E-state index is 5.88. The van der Waals surface area contributed by atoms with E-state index in [1.807, 2.05) is 10.9 Å². The third kappa shape index (κ3) is 3.82. The predicted octanol–water partition coefficient (Wildman–Crippen LogP) is 1.61. The van der Waals surface area contributed by atoms with Gasteiger partial charge < -0.3 is 16.4 Å². The van der Waals surface area contributed by atoms with E-state index >= 15 is 0 Å². The molecule has 2 atom stereocenters. The van der Waals surface area contributed by atoms with Crippen LogP contribution in [0.25, 0.3) is 11.0 Å². The summed E-state index contributed by atoms with van der Waals surface area (Å²) >= 11 is 0. The Bertz CT molecular complexity index is 1010. The van der Waals surface area contributed by atoms with Gasteiger partial charge in [0, 0.05) is 44.5 Å². The van der Waals surface area contributed by atoms with Crippen LogP contribution in [0.1, 0.15) is 37.4 Å². The van der Waals surface area contributed by atoms with Gasteiger partial charge in [0.2, 0.25) is 5.95 Å². The molecule has 0 radical (unpaired) electrons. The molecule has 0 amide bonds. The fourth-order valence-corrected chi connectivity index (χ4v) is 4.51. The molecular formula is C21H29N9. The molecule has 2 unspecified atom stereocenters. The van der Waals surface area contributed by atoms with Crippen molar-refractivity contribution in [1.29, 1.82) is 0 Å². The zero-order chi connectivity index (χ0) is 20.5. The number of nitrogen functional groups attached to an aromatic ring is 1. The summed E-state index contributed by atoms with van der Waals surface area (Å²) in [5.74, 6) is 0.993. The van der Waals surface area contributed by atoms with Crippen LogP contribution in [0.5, 0.6) is 0 Å². The summed E-state index contributed by atoms with van der Waals surface area (Å²) in [4.78, 5) is 16.0. The first-order valence-corrected chi connectivity index (χ1v) is 10.8. The van der Waals surface area contributed by atoms with Crippen LogP contribution >= 0.6 is 0 Å². The topological polar surface area (TPSA) is 110 Å². The first kappa shape index (κ1) is 19.2. The third-order valence-electron chi connectivity index (χ3n) is 6.08. The van der Waals surface area contributed by atoms with E-state index in [1.165, 1.54) is 12.0 Å². The van der Waals surface area contributed by atoms with Crippen molar-refractivity contribution in [3.63, 3.8) is 0 Å². The lowest BCUT2D eigenvalue weighted by atomic mass is 10.2. The Kier molecular flexibility index (Phi) is 5.22. The number of anilines is 2. The Morgan fingerprint density at radius 1 is 1.23 bits per heavy atom. The molecule has 9 heteroatoms. The van der Waals surface area contributed by atoms with Crippen molar-refractivity contribution >= 4 is 22.8 Å². The van der Waals surface area contributed by atoms with E-state index in [2.05, 4.69) is 49.7 Å². The lowest BCUT2D eigenvalue weighted by Gasteiger charge is -2.27. The maximum atomic E-state index is 5.88. The number of nitrogens with zero attached hydrogens (tertiary/aromatic N) is 6. The molecule has 2 fully saturated rings. The first-order chi connectivity index (χ1) is 14.7. The molecule has 0 aliphatic carbocycles. The van der Waals surface area contributed by atoms with E-state index in [0.717, 1.165) is 61.6 Å². The standard InChI is InChI=1S/C21H29N9/c1-2-3-6-23-20-19-18(27-21(22)28-20)10-26-30(19)13-15-5-4-14(8-24-15)11-29-12-16-7-17(29)9-25-16/h4-5,8,10,16-17,25H,2-3,6-7,9,11-13H2,1H3,(H3,22,23,27,28). The van der Waals surface area contributed by atoms with Gasteiger partial charge in [-0.3, -0.25) is 14.6 Å². The average molecular weight is 408 g/mol. The zero-order valence-electron chi connectivity index (χ0n) is 17.4. The number of hydrogen-bond donors (Lipinski definition) is 3. The van der Waals surface area contributed by atoms with E-state index in [1.54, 1.807) is 6.20 Å². The third-order valence-corrected chi connectivity index (χ3v) is 6.08. The van der Waals surface area contributed by atoms with Gasteiger partial charge in [-0.15, -0.1) is 0 Å². The molecule has 2 saturated heterocycles. The minimum absolute atomic E-state index is 0.259. The van der Waals surface area contributed by atoms with Crippen LogP contribution in [0.15, 0.2) is 24.5 Å². The number of piperazine rings is 1. The summed E-state index contributed by atoms with van der Waals surface area (Å²) in [5.41, 5.74) is 9.71. The molecule has 30 heavy (non-hydrogen) atoms. The normalized spacial score (nSPS) is 21.0. The van der Waals surface area contributed by atoms with Crippen LogP contribution < -0.4 is 16.4 Å². The molecule has 0 spiro atoms. The van der Waals surface area contributed by atoms with Crippen LogP contribution in [-0.2, 0) is 13.1 Å². The average Bonchev–Trinajstić information content (AvgIpc) is 3.46. The number of nitrogens with two attached hydrogens (primary N) is 1. The number of hydrogen-bond acceptors (Lipinski definition) is 8. The fraction of sp³-hybridized carbons (Fsp3) is 0.524. The Morgan fingerprint density at radius 3 is 2.90 bits per heavy atom. The van der Waals surface area contributed by atoms with Gasteiger partial charge in [-0.05, 0) is 24.5 Å². The van der Waals surface area contributed by atoms with E-state index in [-0.39, 0.29) is 5.95 Å². The lowest BCUT2D eigenvalue weighted by Crippen LogP contribution is -2.42. The quantitative estimate of drug-likeness (QED) is 0.483. The first-order valence-electron chi connectivity index (χ1n) is 10.8. The molecule has 0 aromatic carbocycles. The van der Waals surface area contributed by atoms with Gasteiger partial charge in [0.05, 0.1) is 18.4 Å². The Labute approximate surface area is 176 Å². The van der Waals surface area contributed by atoms with Crippen molar-refractivity contribution in [1.82, 2.24) is 34.9 Å². The monoisotopic (exact) mass is 407 g/mol. The minimum atomic E-state index is 0.259. The Morgan fingerprint density at radius 2 is 2.17 bits per heavy atom. The molecule has 4 N–H and O–H groups in total. The molecule has 3 aromatic heterocycles. The van der Waals surface area contributed by atoms with Gasteiger partial charge in [0.15, 0.2) is 5.82 Å². The van der Waals surface area contributed by atoms with Crippen LogP contribution in [0.3, 0.4) is 0 Å². The molecule has 5 rings (SSSR count). The number of pyridine rings is 1. The largest absolute Gasteiger partial charge is 0.368 e. The van der Waals surface area contributed by atoms with Gasteiger partial charge in [0.25, 0.3) is 0 Å². The number of unbranched alkanes of at least 4 members (excludes halogenated alkanes) is 1. The second-order valence-electron chi connectivity index (χ2n) is 8.33. The highest BCUT2D eigenvalue weighted by molar-refractivity contribution is 5.86. The van der Waals surface area contributed by atoms with Crippen molar-refractivity contribution in [3.05, 3.63) is 35.8 Å². The molecule has 2 aliphatic heterocycles. The second kappa shape index (κ2) is 8.16. The molecule has 3 aromatic rings. The highest BCUT2D eigenvalue weighted by atomic mass is 15.3. The van der Waals surface area contributed by atoms with Gasteiger partial charge in [0.1, 0.15) is 11.0 Å². The summed E-state index contributed by atoms with van der Waals surface area (Å²) in [7, 11) is 0. The number of likely N-dealkylation sites (tertiary alicyclic amines) is 1. The molecule has 2 bridgehead atoms. The van der Waals surface area contributed by atoms with Gasteiger partial charge >= 0.3 is 0 Å². The SMILES string of the molecule is CCCCNc1nc(N)nc2cnn(Cc3ccc(CN4CC5CC4CN5)cn3)c12. The molecule has 158 valence electrons. The highest BCUT2D eigenvalue weighted by Gasteiger charge is 2.37. The lowest BCUT2D eigenvalue weighted by molar-refractivity contribution is 0.217. The molecule has 9 nitrogen and oxygen atoms in total.